The van der Waals surface area contributed by atoms with Crippen LogP contribution >= 0.6 is 0 Å². The monoisotopic (exact) mass is 398 g/mol. The molecule has 6 heteroatoms. The molecule has 0 spiro atoms. The first-order chi connectivity index (χ1) is 14.0. The van der Waals surface area contributed by atoms with Crippen molar-refractivity contribution < 1.29 is 18.7 Å². The van der Waals surface area contributed by atoms with E-state index in [1.165, 1.54) is 12.1 Å². The summed E-state index contributed by atoms with van der Waals surface area (Å²) in [5.74, 6) is -1.52. The molecule has 2 atom stereocenters. The van der Waals surface area contributed by atoms with Crippen LogP contribution in [0.4, 0.5) is 4.39 Å². The molecule has 2 aromatic carbocycles. The Kier molecular flexibility index (Phi) is 6.99. The van der Waals surface area contributed by atoms with Crippen LogP contribution in [0.5, 0.6) is 0 Å². The summed E-state index contributed by atoms with van der Waals surface area (Å²) in [6.45, 7) is 3.75. The van der Waals surface area contributed by atoms with Crippen LogP contribution in [0.2, 0.25) is 0 Å². The summed E-state index contributed by atoms with van der Waals surface area (Å²) in [5, 5.41) is 2.95. The molecule has 29 heavy (non-hydrogen) atoms. The predicted molar refractivity (Wildman–Crippen MR) is 109 cm³/mol. The van der Waals surface area contributed by atoms with Crippen LogP contribution in [-0.4, -0.2) is 50.1 Å². The Hall–Kier alpha value is -2.73. The average Bonchev–Trinajstić information content (AvgIpc) is 3.17. The molecule has 0 unspecified atom stereocenters. The van der Waals surface area contributed by atoms with Gasteiger partial charge in [-0.05, 0) is 31.0 Å². The van der Waals surface area contributed by atoms with Crippen molar-refractivity contribution in [2.75, 3.05) is 33.4 Å². The number of rotatable bonds is 7. The normalized spacial score (nSPS) is 18.7. The Morgan fingerprint density at radius 1 is 1.14 bits per heavy atom. The lowest BCUT2D eigenvalue weighted by Crippen LogP contribution is -2.36. The number of carbonyl (C=O) groups is 2. The Balaban J connectivity index is 1.79. The van der Waals surface area contributed by atoms with Crippen molar-refractivity contribution in [3.8, 4) is 0 Å². The number of ether oxygens (including phenoxy) is 1. The van der Waals surface area contributed by atoms with Gasteiger partial charge in [0.25, 0.3) is 5.91 Å². The summed E-state index contributed by atoms with van der Waals surface area (Å²) in [7, 11) is 1.62. The van der Waals surface area contributed by atoms with Crippen LogP contribution in [0, 0.1) is 18.7 Å². The number of amides is 2. The van der Waals surface area contributed by atoms with Gasteiger partial charge in [0.05, 0.1) is 11.5 Å². The van der Waals surface area contributed by atoms with E-state index in [4.69, 9.17) is 4.74 Å². The number of likely N-dealkylation sites (tertiary alicyclic amines) is 1. The van der Waals surface area contributed by atoms with Gasteiger partial charge in [0, 0.05) is 39.3 Å². The molecule has 2 amide bonds. The average molecular weight is 398 g/mol. The molecule has 0 radical (unpaired) electrons. The van der Waals surface area contributed by atoms with E-state index in [0.717, 1.165) is 17.5 Å². The van der Waals surface area contributed by atoms with E-state index < -0.39 is 5.82 Å². The molecule has 0 saturated carbocycles. The lowest BCUT2D eigenvalue weighted by molar-refractivity contribution is -0.124. The van der Waals surface area contributed by atoms with Crippen molar-refractivity contribution >= 4 is 11.8 Å². The Labute approximate surface area is 170 Å². The van der Waals surface area contributed by atoms with Gasteiger partial charge in [-0.2, -0.15) is 0 Å². The van der Waals surface area contributed by atoms with Crippen molar-refractivity contribution in [2.45, 2.75) is 19.3 Å². The summed E-state index contributed by atoms with van der Waals surface area (Å²) >= 11 is 0. The molecule has 1 aliphatic heterocycles. The minimum Gasteiger partial charge on any atom is -0.385 e. The van der Waals surface area contributed by atoms with Crippen molar-refractivity contribution in [2.24, 2.45) is 5.92 Å². The van der Waals surface area contributed by atoms with E-state index in [0.29, 0.717) is 19.7 Å². The molecule has 1 fully saturated rings. The van der Waals surface area contributed by atoms with Gasteiger partial charge in [-0.25, -0.2) is 4.39 Å². The molecule has 5 nitrogen and oxygen atoms in total. The quantitative estimate of drug-likeness (QED) is 0.729. The number of nitrogens with one attached hydrogen (secondary N) is 1. The van der Waals surface area contributed by atoms with Gasteiger partial charge in [-0.1, -0.05) is 42.0 Å². The largest absolute Gasteiger partial charge is 0.385 e. The fraction of sp³-hybridized carbons (Fsp3) is 0.391. The molecule has 154 valence electrons. The van der Waals surface area contributed by atoms with E-state index in [1.807, 2.05) is 31.2 Å². The lowest BCUT2D eigenvalue weighted by Gasteiger charge is -2.18. The number of aryl methyl sites for hydroxylation is 1. The number of hydrogen-bond donors (Lipinski definition) is 1. The van der Waals surface area contributed by atoms with Gasteiger partial charge in [-0.15, -0.1) is 0 Å². The van der Waals surface area contributed by atoms with Crippen molar-refractivity contribution in [3.05, 3.63) is 71.0 Å². The van der Waals surface area contributed by atoms with Gasteiger partial charge >= 0.3 is 0 Å². The SMILES string of the molecule is COCCCNC(=O)[C@@H]1CN(C(=O)c2ccccc2F)C[C@@H]1c1ccc(C)cc1. The molecule has 1 saturated heterocycles. The van der Waals surface area contributed by atoms with Crippen LogP contribution in [0.25, 0.3) is 0 Å². The second kappa shape index (κ2) is 9.65. The maximum absolute atomic E-state index is 14.1. The minimum absolute atomic E-state index is 0.0382. The van der Waals surface area contributed by atoms with Gasteiger partial charge in [-0.3, -0.25) is 9.59 Å². The van der Waals surface area contributed by atoms with E-state index >= 15 is 0 Å². The highest BCUT2D eigenvalue weighted by molar-refractivity contribution is 5.95. The zero-order valence-electron chi connectivity index (χ0n) is 16.9. The molecule has 0 aliphatic carbocycles. The maximum Gasteiger partial charge on any atom is 0.256 e. The molecule has 1 N–H and O–H groups in total. The maximum atomic E-state index is 14.1. The van der Waals surface area contributed by atoms with E-state index in [9.17, 15) is 14.0 Å². The summed E-state index contributed by atoms with van der Waals surface area (Å²) in [6, 6.07) is 14.0. The van der Waals surface area contributed by atoms with E-state index in [2.05, 4.69) is 5.32 Å². The van der Waals surface area contributed by atoms with Crippen LogP contribution in [-0.2, 0) is 9.53 Å². The van der Waals surface area contributed by atoms with E-state index in [1.54, 1.807) is 24.1 Å². The van der Waals surface area contributed by atoms with Crippen LogP contribution in [0.3, 0.4) is 0 Å². The van der Waals surface area contributed by atoms with Gasteiger partial charge in [0.1, 0.15) is 5.82 Å². The molecule has 0 bridgehead atoms. The Morgan fingerprint density at radius 3 is 2.55 bits per heavy atom. The van der Waals surface area contributed by atoms with Crippen LogP contribution in [0.1, 0.15) is 33.8 Å². The predicted octanol–water partition coefficient (Wildman–Crippen LogP) is 3.14. The number of halogens is 1. The number of benzene rings is 2. The van der Waals surface area contributed by atoms with Crippen LogP contribution < -0.4 is 5.32 Å². The fourth-order valence-electron chi connectivity index (χ4n) is 3.75. The number of methoxy groups -OCH3 is 1. The minimum atomic E-state index is -0.545. The third-order valence-electron chi connectivity index (χ3n) is 5.38. The highest BCUT2D eigenvalue weighted by Gasteiger charge is 2.40. The highest BCUT2D eigenvalue weighted by atomic mass is 19.1. The van der Waals surface area contributed by atoms with Crippen molar-refractivity contribution in [3.63, 3.8) is 0 Å². The smallest absolute Gasteiger partial charge is 0.256 e. The molecule has 3 rings (SSSR count). The Morgan fingerprint density at radius 2 is 1.86 bits per heavy atom. The third kappa shape index (κ3) is 5.01. The zero-order valence-corrected chi connectivity index (χ0v) is 16.9. The summed E-state index contributed by atoms with van der Waals surface area (Å²) in [4.78, 5) is 27.4. The number of carbonyl (C=O) groups excluding carboxylic acids is 2. The first-order valence-electron chi connectivity index (χ1n) is 9.88. The van der Waals surface area contributed by atoms with Crippen LogP contribution in [0.15, 0.2) is 48.5 Å². The molecule has 1 aliphatic rings. The molecule has 2 aromatic rings. The summed E-state index contributed by atoms with van der Waals surface area (Å²) in [6.07, 6.45) is 0.724. The standard InChI is InChI=1S/C23H27FN2O3/c1-16-8-10-17(11-9-16)19-14-26(23(28)18-6-3-4-7-21(18)24)15-20(19)22(27)25-12-5-13-29-2/h3-4,6-11,19-20H,5,12-15H2,1-2H3,(H,25,27)/t19-,20-/m1/s1. The van der Waals surface area contributed by atoms with Crippen molar-refractivity contribution in [1.29, 1.82) is 0 Å². The first kappa shape index (κ1) is 21.0. The summed E-state index contributed by atoms with van der Waals surface area (Å²) in [5.41, 5.74) is 2.18. The first-order valence-corrected chi connectivity index (χ1v) is 9.88. The third-order valence-corrected chi connectivity index (χ3v) is 5.38. The summed E-state index contributed by atoms with van der Waals surface area (Å²) < 4.78 is 19.1. The van der Waals surface area contributed by atoms with Gasteiger partial charge in [0.15, 0.2) is 0 Å². The second-order valence-electron chi connectivity index (χ2n) is 7.45. The topological polar surface area (TPSA) is 58.6 Å². The van der Waals surface area contributed by atoms with Crippen molar-refractivity contribution in [1.82, 2.24) is 10.2 Å². The second-order valence-corrected chi connectivity index (χ2v) is 7.45. The van der Waals surface area contributed by atoms with Gasteiger partial charge in [0.2, 0.25) is 5.91 Å². The number of nitrogens with zero attached hydrogens (tertiary/aromatic N) is 1. The molecular weight excluding hydrogens is 371 g/mol. The zero-order chi connectivity index (χ0) is 20.8. The Bertz CT molecular complexity index is 853. The number of hydrogen-bond acceptors (Lipinski definition) is 3. The van der Waals surface area contributed by atoms with Gasteiger partial charge < -0.3 is 15.0 Å². The molecule has 1 heterocycles. The molecule has 0 aromatic heterocycles. The molecular formula is C23H27FN2O3. The lowest BCUT2D eigenvalue weighted by atomic mass is 9.88. The fourth-order valence-corrected chi connectivity index (χ4v) is 3.75. The van der Waals surface area contributed by atoms with E-state index in [-0.39, 0.29) is 35.8 Å². The highest BCUT2D eigenvalue weighted by Crippen LogP contribution is 2.34.